The van der Waals surface area contributed by atoms with Crippen molar-refractivity contribution in [2.75, 3.05) is 26.2 Å². The average Bonchev–Trinajstić information content (AvgIpc) is 2.37. The molecule has 4 nitrogen and oxygen atoms in total. The van der Waals surface area contributed by atoms with Crippen molar-refractivity contribution in [2.45, 2.75) is 32.5 Å². The smallest absolute Gasteiger partial charge is 0.0312 e. The Balaban J connectivity index is 1.95. The molecule has 18 heavy (non-hydrogen) atoms. The molecule has 1 saturated heterocycles. The highest BCUT2D eigenvalue weighted by atomic mass is 15.3. The molecule has 0 spiro atoms. The van der Waals surface area contributed by atoms with Gasteiger partial charge < -0.3 is 5.73 Å². The van der Waals surface area contributed by atoms with E-state index in [-0.39, 0.29) is 0 Å². The van der Waals surface area contributed by atoms with E-state index in [9.17, 15) is 0 Å². The zero-order valence-corrected chi connectivity index (χ0v) is 11.4. The minimum absolute atomic E-state index is 0.577. The minimum Gasteiger partial charge on any atom is -0.329 e. The SMILES string of the molecule is CC1CN(Cc2cccnc2)C(C)CN1CCN. The molecular weight excluding hydrogens is 224 g/mol. The average molecular weight is 248 g/mol. The lowest BCUT2D eigenvalue weighted by Gasteiger charge is -2.44. The van der Waals surface area contributed by atoms with E-state index in [0.717, 1.165) is 32.7 Å². The van der Waals surface area contributed by atoms with Gasteiger partial charge in [0, 0.05) is 57.2 Å². The molecule has 1 aliphatic heterocycles. The predicted octanol–water partition coefficient (Wildman–Crippen LogP) is 0.935. The normalized spacial score (nSPS) is 26.4. The van der Waals surface area contributed by atoms with Gasteiger partial charge in [0.2, 0.25) is 0 Å². The molecule has 1 aromatic rings. The predicted molar refractivity (Wildman–Crippen MR) is 74.2 cm³/mol. The first-order valence-corrected chi connectivity index (χ1v) is 6.77. The monoisotopic (exact) mass is 248 g/mol. The van der Waals surface area contributed by atoms with E-state index < -0.39 is 0 Å². The molecule has 4 heteroatoms. The summed E-state index contributed by atoms with van der Waals surface area (Å²) >= 11 is 0. The fraction of sp³-hybridized carbons (Fsp3) is 0.643. The molecule has 0 amide bonds. The molecule has 0 saturated carbocycles. The lowest BCUT2D eigenvalue weighted by molar-refractivity contribution is 0.0397. The van der Waals surface area contributed by atoms with Crippen molar-refractivity contribution in [3.63, 3.8) is 0 Å². The third kappa shape index (κ3) is 3.28. The van der Waals surface area contributed by atoms with Gasteiger partial charge in [0.15, 0.2) is 0 Å². The van der Waals surface area contributed by atoms with E-state index in [2.05, 4.69) is 34.7 Å². The molecule has 0 radical (unpaired) electrons. The molecule has 100 valence electrons. The Bertz CT molecular complexity index is 354. The van der Waals surface area contributed by atoms with Gasteiger partial charge in [0.1, 0.15) is 0 Å². The van der Waals surface area contributed by atoms with Crippen molar-refractivity contribution in [1.29, 1.82) is 0 Å². The molecule has 0 bridgehead atoms. The summed E-state index contributed by atoms with van der Waals surface area (Å²) in [7, 11) is 0. The molecule has 1 aromatic heterocycles. The highest BCUT2D eigenvalue weighted by molar-refractivity contribution is 5.08. The van der Waals surface area contributed by atoms with Crippen molar-refractivity contribution in [1.82, 2.24) is 14.8 Å². The molecule has 0 aliphatic carbocycles. The number of rotatable bonds is 4. The highest BCUT2D eigenvalue weighted by Gasteiger charge is 2.28. The molecule has 2 heterocycles. The summed E-state index contributed by atoms with van der Waals surface area (Å²) < 4.78 is 0. The van der Waals surface area contributed by atoms with Crippen molar-refractivity contribution in [2.24, 2.45) is 5.73 Å². The van der Waals surface area contributed by atoms with E-state index in [0.29, 0.717) is 12.1 Å². The molecule has 2 atom stereocenters. The van der Waals surface area contributed by atoms with Gasteiger partial charge in [0.05, 0.1) is 0 Å². The fourth-order valence-electron chi connectivity index (χ4n) is 2.69. The van der Waals surface area contributed by atoms with Gasteiger partial charge in [-0.05, 0) is 25.5 Å². The number of piperazine rings is 1. The third-order valence-corrected chi connectivity index (χ3v) is 3.77. The van der Waals surface area contributed by atoms with Gasteiger partial charge in [0.25, 0.3) is 0 Å². The van der Waals surface area contributed by atoms with E-state index in [1.807, 2.05) is 18.5 Å². The molecule has 2 unspecified atom stereocenters. The van der Waals surface area contributed by atoms with Gasteiger partial charge in [-0.2, -0.15) is 0 Å². The number of pyridine rings is 1. The maximum Gasteiger partial charge on any atom is 0.0312 e. The van der Waals surface area contributed by atoms with Crippen LogP contribution in [0.5, 0.6) is 0 Å². The molecule has 0 aromatic carbocycles. The number of hydrogen-bond acceptors (Lipinski definition) is 4. The van der Waals surface area contributed by atoms with E-state index >= 15 is 0 Å². The first kappa shape index (κ1) is 13.5. The van der Waals surface area contributed by atoms with Gasteiger partial charge in [-0.25, -0.2) is 0 Å². The second-order valence-corrected chi connectivity index (χ2v) is 5.27. The topological polar surface area (TPSA) is 45.4 Å². The van der Waals surface area contributed by atoms with Crippen LogP contribution < -0.4 is 5.73 Å². The quantitative estimate of drug-likeness (QED) is 0.861. The van der Waals surface area contributed by atoms with Crippen LogP contribution >= 0.6 is 0 Å². The van der Waals surface area contributed by atoms with Crippen LogP contribution in [-0.4, -0.2) is 53.0 Å². The Morgan fingerprint density at radius 1 is 1.28 bits per heavy atom. The Morgan fingerprint density at radius 2 is 2.00 bits per heavy atom. The number of aromatic nitrogens is 1. The second-order valence-electron chi connectivity index (χ2n) is 5.27. The summed E-state index contributed by atoms with van der Waals surface area (Å²) in [4.78, 5) is 9.21. The van der Waals surface area contributed by atoms with E-state index in [1.54, 1.807) is 0 Å². The molecule has 2 N–H and O–H groups in total. The van der Waals surface area contributed by atoms with Crippen LogP contribution in [0, 0.1) is 0 Å². The summed E-state index contributed by atoms with van der Waals surface area (Å²) in [5.74, 6) is 0. The summed E-state index contributed by atoms with van der Waals surface area (Å²) in [5.41, 5.74) is 6.96. The van der Waals surface area contributed by atoms with Crippen LogP contribution in [-0.2, 0) is 6.54 Å². The van der Waals surface area contributed by atoms with Crippen molar-refractivity contribution < 1.29 is 0 Å². The highest BCUT2D eigenvalue weighted by Crippen LogP contribution is 2.17. The van der Waals surface area contributed by atoms with Crippen LogP contribution in [0.4, 0.5) is 0 Å². The second kappa shape index (κ2) is 6.27. The molecule has 1 aliphatic rings. The zero-order chi connectivity index (χ0) is 13.0. The summed E-state index contributed by atoms with van der Waals surface area (Å²) in [6.45, 7) is 9.56. The standard InChI is InChI=1S/C14H24N4/c1-12-10-18(11-14-4-3-6-16-8-14)13(2)9-17(12)7-5-15/h3-4,6,8,12-13H,5,7,9-11,15H2,1-2H3. The van der Waals surface area contributed by atoms with Crippen LogP contribution in [0.15, 0.2) is 24.5 Å². The Morgan fingerprint density at radius 3 is 2.67 bits per heavy atom. The molecule has 1 fully saturated rings. The lowest BCUT2D eigenvalue weighted by Crippen LogP contribution is -2.56. The third-order valence-electron chi connectivity index (χ3n) is 3.77. The summed E-state index contributed by atoms with van der Waals surface area (Å²) in [6.07, 6.45) is 3.79. The Kier molecular flexibility index (Phi) is 4.69. The van der Waals surface area contributed by atoms with Gasteiger partial charge in [-0.1, -0.05) is 6.07 Å². The minimum atomic E-state index is 0.577. The van der Waals surface area contributed by atoms with Crippen molar-refractivity contribution in [3.05, 3.63) is 30.1 Å². The van der Waals surface area contributed by atoms with Crippen LogP contribution in [0.25, 0.3) is 0 Å². The number of nitrogens with two attached hydrogens (primary N) is 1. The lowest BCUT2D eigenvalue weighted by atomic mass is 10.1. The maximum atomic E-state index is 5.66. The van der Waals surface area contributed by atoms with Gasteiger partial charge >= 0.3 is 0 Å². The van der Waals surface area contributed by atoms with Gasteiger partial charge in [-0.15, -0.1) is 0 Å². The maximum absolute atomic E-state index is 5.66. The van der Waals surface area contributed by atoms with Crippen LogP contribution in [0.1, 0.15) is 19.4 Å². The number of hydrogen-bond donors (Lipinski definition) is 1. The van der Waals surface area contributed by atoms with E-state index in [1.165, 1.54) is 5.56 Å². The van der Waals surface area contributed by atoms with Gasteiger partial charge in [-0.3, -0.25) is 14.8 Å². The largest absolute Gasteiger partial charge is 0.329 e. The fourth-order valence-corrected chi connectivity index (χ4v) is 2.69. The van der Waals surface area contributed by atoms with E-state index in [4.69, 9.17) is 5.73 Å². The first-order valence-electron chi connectivity index (χ1n) is 6.77. The Hall–Kier alpha value is -0.970. The molecular formula is C14H24N4. The Labute approximate surface area is 110 Å². The molecule has 2 rings (SSSR count). The van der Waals surface area contributed by atoms with Crippen LogP contribution in [0.3, 0.4) is 0 Å². The van der Waals surface area contributed by atoms with Crippen LogP contribution in [0.2, 0.25) is 0 Å². The summed E-state index contributed by atoms with van der Waals surface area (Å²) in [5, 5.41) is 0. The zero-order valence-electron chi connectivity index (χ0n) is 11.4. The summed E-state index contributed by atoms with van der Waals surface area (Å²) in [6, 6.07) is 5.32. The van der Waals surface area contributed by atoms with Crippen molar-refractivity contribution >= 4 is 0 Å². The number of nitrogens with zero attached hydrogens (tertiary/aromatic N) is 3. The first-order chi connectivity index (χ1) is 8.70. The van der Waals surface area contributed by atoms with Crippen molar-refractivity contribution in [3.8, 4) is 0 Å².